The molecule has 2 atom stereocenters. The fourth-order valence-corrected chi connectivity index (χ4v) is 4.43. The Morgan fingerprint density at radius 3 is 2.70 bits per heavy atom. The summed E-state index contributed by atoms with van der Waals surface area (Å²) < 4.78 is 40.0. The number of aliphatic carboxylic acids is 1. The number of sulfonamides is 1. The fraction of sp³-hybridized carbons (Fsp3) is 0.417. The van der Waals surface area contributed by atoms with Crippen LogP contribution in [0.2, 0.25) is 0 Å². The average molecular weight is 366 g/mol. The van der Waals surface area contributed by atoms with E-state index in [1.807, 2.05) is 0 Å². The maximum Gasteiger partial charge on any atom is 0.322 e. The zero-order chi connectivity index (χ0) is 15.1. The second-order valence-electron chi connectivity index (χ2n) is 4.74. The fourth-order valence-electron chi connectivity index (χ4n) is 2.36. The molecule has 20 heavy (non-hydrogen) atoms. The first-order valence-electron chi connectivity index (χ1n) is 5.95. The first kappa shape index (κ1) is 15.4. The highest BCUT2D eigenvalue weighted by molar-refractivity contribution is 9.10. The quantitative estimate of drug-likeness (QED) is 0.889. The number of halogens is 2. The molecule has 1 aromatic carbocycles. The molecule has 1 aromatic rings. The maximum absolute atomic E-state index is 13.8. The van der Waals surface area contributed by atoms with Crippen molar-refractivity contribution in [1.29, 1.82) is 0 Å². The second kappa shape index (κ2) is 5.42. The molecule has 0 radical (unpaired) electrons. The van der Waals surface area contributed by atoms with E-state index < -0.39 is 32.7 Å². The van der Waals surface area contributed by atoms with Crippen molar-refractivity contribution in [3.8, 4) is 0 Å². The molecule has 2 unspecified atom stereocenters. The number of carbonyl (C=O) groups is 1. The smallest absolute Gasteiger partial charge is 0.322 e. The molecule has 1 saturated heterocycles. The lowest BCUT2D eigenvalue weighted by atomic mass is 10.0. The molecular weight excluding hydrogens is 353 g/mol. The van der Waals surface area contributed by atoms with Gasteiger partial charge in [-0.3, -0.25) is 4.79 Å². The third kappa shape index (κ3) is 2.59. The van der Waals surface area contributed by atoms with Crippen LogP contribution in [0.1, 0.15) is 13.3 Å². The highest BCUT2D eigenvalue weighted by atomic mass is 79.9. The van der Waals surface area contributed by atoms with Crippen molar-refractivity contribution < 1.29 is 22.7 Å². The van der Waals surface area contributed by atoms with E-state index in [0.29, 0.717) is 10.9 Å². The minimum Gasteiger partial charge on any atom is -0.480 e. The summed E-state index contributed by atoms with van der Waals surface area (Å²) in [7, 11) is -4.16. The maximum atomic E-state index is 13.8. The predicted molar refractivity (Wildman–Crippen MR) is 73.2 cm³/mol. The van der Waals surface area contributed by atoms with Crippen LogP contribution in [-0.2, 0) is 14.8 Å². The van der Waals surface area contributed by atoms with Crippen LogP contribution in [0, 0.1) is 11.7 Å². The summed E-state index contributed by atoms with van der Waals surface area (Å²) in [6.07, 6.45) is 0.439. The molecule has 1 aliphatic heterocycles. The van der Waals surface area contributed by atoms with Crippen LogP contribution in [0.15, 0.2) is 27.6 Å². The highest BCUT2D eigenvalue weighted by Gasteiger charge is 2.44. The van der Waals surface area contributed by atoms with Gasteiger partial charge >= 0.3 is 5.97 Å². The van der Waals surface area contributed by atoms with Gasteiger partial charge in [-0.05, 0) is 30.5 Å². The summed E-state index contributed by atoms with van der Waals surface area (Å²) in [5.74, 6) is -2.42. The number of carboxylic acid groups (broad SMARTS) is 1. The van der Waals surface area contributed by atoms with Crippen molar-refractivity contribution in [2.45, 2.75) is 24.3 Å². The monoisotopic (exact) mass is 365 g/mol. The van der Waals surface area contributed by atoms with Gasteiger partial charge in [-0.2, -0.15) is 4.31 Å². The van der Waals surface area contributed by atoms with Crippen LogP contribution in [0.25, 0.3) is 0 Å². The van der Waals surface area contributed by atoms with Gasteiger partial charge in [-0.15, -0.1) is 0 Å². The van der Waals surface area contributed by atoms with Crippen LogP contribution in [0.5, 0.6) is 0 Å². The van der Waals surface area contributed by atoms with E-state index in [-0.39, 0.29) is 12.5 Å². The molecule has 8 heteroatoms. The lowest BCUT2D eigenvalue weighted by Crippen LogP contribution is -2.42. The highest BCUT2D eigenvalue weighted by Crippen LogP contribution is 2.31. The molecule has 0 amide bonds. The van der Waals surface area contributed by atoms with Gasteiger partial charge in [0.2, 0.25) is 10.0 Å². The number of hydrogen-bond acceptors (Lipinski definition) is 3. The zero-order valence-electron chi connectivity index (χ0n) is 10.6. The summed E-state index contributed by atoms with van der Waals surface area (Å²) in [6.45, 7) is 1.75. The van der Waals surface area contributed by atoms with Crippen LogP contribution in [0.3, 0.4) is 0 Å². The normalized spacial score (nSPS) is 23.9. The topological polar surface area (TPSA) is 74.7 Å². The summed E-state index contributed by atoms with van der Waals surface area (Å²) >= 11 is 3.05. The molecule has 0 bridgehead atoms. The molecule has 0 spiro atoms. The van der Waals surface area contributed by atoms with Gasteiger partial charge in [0.1, 0.15) is 16.8 Å². The Balaban J connectivity index is 2.47. The van der Waals surface area contributed by atoms with Gasteiger partial charge in [0, 0.05) is 11.0 Å². The average Bonchev–Trinajstić information content (AvgIpc) is 2.71. The molecule has 110 valence electrons. The Bertz CT molecular complexity index is 649. The van der Waals surface area contributed by atoms with Crippen molar-refractivity contribution >= 4 is 31.9 Å². The summed E-state index contributed by atoms with van der Waals surface area (Å²) in [5.41, 5.74) is 0. The molecule has 0 aliphatic carbocycles. The van der Waals surface area contributed by atoms with Crippen molar-refractivity contribution in [3.63, 3.8) is 0 Å². The summed E-state index contributed by atoms with van der Waals surface area (Å²) in [6, 6.07) is 2.44. The van der Waals surface area contributed by atoms with Gasteiger partial charge in [0.05, 0.1) is 0 Å². The first-order chi connectivity index (χ1) is 9.25. The number of rotatable bonds is 3. The van der Waals surface area contributed by atoms with Crippen LogP contribution >= 0.6 is 15.9 Å². The van der Waals surface area contributed by atoms with E-state index in [1.54, 1.807) is 6.92 Å². The summed E-state index contributed by atoms with van der Waals surface area (Å²) in [5, 5.41) is 9.17. The molecule has 1 heterocycles. The Kier molecular flexibility index (Phi) is 4.17. The van der Waals surface area contributed by atoms with E-state index in [0.717, 1.165) is 16.4 Å². The van der Waals surface area contributed by atoms with Gasteiger partial charge in [-0.1, -0.05) is 22.9 Å². The number of carboxylic acids is 1. The third-order valence-electron chi connectivity index (χ3n) is 3.39. The van der Waals surface area contributed by atoms with E-state index >= 15 is 0 Å². The molecule has 2 rings (SSSR count). The number of nitrogens with zero attached hydrogens (tertiary/aromatic N) is 1. The van der Waals surface area contributed by atoms with Gasteiger partial charge in [-0.25, -0.2) is 12.8 Å². The first-order valence-corrected chi connectivity index (χ1v) is 8.18. The van der Waals surface area contributed by atoms with E-state index in [1.165, 1.54) is 6.07 Å². The van der Waals surface area contributed by atoms with Gasteiger partial charge in [0.15, 0.2) is 0 Å². The molecule has 1 N–H and O–H groups in total. The molecule has 5 nitrogen and oxygen atoms in total. The van der Waals surface area contributed by atoms with Gasteiger partial charge < -0.3 is 5.11 Å². The van der Waals surface area contributed by atoms with E-state index in [9.17, 15) is 22.7 Å². The lowest BCUT2D eigenvalue weighted by molar-refractivity contribution is -0.141. The molecule has 1 fully saturated rings. The summed E-state index contributed by atoms with van der Waals surface area (Å²) in [4.78, 5) is 10.7. The van der Waals surface area contributed by atoms with Crippen molar-refractivity contribution in [1.82, 2.24) is 4.31 Å². The largest absolute Gasteiger partial charge is 0.480 e. The zero-order valence-corrected chi connectivity index (χ0v) is 13.0. The molecule has 1 aliphatic rings. The van der Waals surface area contributed by atoms with Gasteiger partial charge in [0.25, 0.3) is 0 Å². The van der Waals surface area contributed by atoms with Crippen LogP contribution in [-0.4, -0.2) is 36.4 Å². The Morgan fingerprint density at radius 2 is 2.15 bits per heavy atom. The number of hydrogen-bond donors (Lipinski definition) is 1. The molecular formula is C12H13BrFNO4S. The Hall–Kier alpha value is -0.990. The second-order valence-corrected chi connectivity index (χ2v) is 7.51. The van der Waals surface area contributed by atoms with Crippen LogP contribution < -0.4 is 0 Å². The number of benzene rings is 1. The van der Waals surface area contributed by atoms with E-state index in [4.69, 9.17) is 0 Å². The minimum atomic E-state index is -4.16. The van der Waals surface area contributed by atoms with Crippen LogP contribution in [0.4, 0.5) is 4.39 Å². The SMILES string of the molecule is CC1CCN(S(=O)(=O)c2ccc(Br)cc2F)C1C(=O)O. The van der Waals surface area contributed by atoms with Crippen molar-refractivity contribution in [3.05, 3.63) is 28.5 Å². The predicted octanol–water partition coefficient (Wildman–Crippen LogP) is 2.07. The molecule has 0 saturated carbocycles. The minimum absolute atomic E-state index is 0.0793. The van der Waals surface area contributed by atoms with Crippen molar-refractivity contribution in [2.75, 3.05) is 6.54 Å². The standard InChI is InChI=1S/C12H13BrFNO4S/c1-7-4-5-15(11(7)12(16)17)20(18,19)10-3-2-8(13)6-9(10)14/h2-3,6-7,11H,4-5H2,1H3,(H,16,17). The van der Waals surface area contributed by atoms with E-state index in [2.05, 4.69) is 15.9 Å². The Labute approximate surface area is 124 Å². The lowest BCUT2D eigenvalue weighted by Gasteiger charge is -2.23. The molecule has 0 aromatic heterocycles. The third-order valence-corrected chi connectivity index (χ3v) is 5.79. The Morgan fingerprint density at radius 1 is 1.50 bits per heavy atom. The van der Waals surface area contributed by atoms with Crippen molar-refractivity contribution in [2.24, 2.45) is 5.92 Å².